The molecule has 6 nitrogen and oxygen atoms in total. The summed E-state index contributed by atoms with van der Waals surface area (Å²) in [5.41, 5.74) is 0. The fraction of sp³-hybridized carbons (Fsp3) is 0.623. The van der Waals surface area contributed by atoms with Crippen molar-refractivity contribution in [2.24, 2.45) is 0 Å². The van der Waals surface area contributed by atoms with E-state index in [9.17, 15) is 14.4 Å². The SMILES string of the molecule is CC/C=C\C/C=C\C/C=C\C/C=C\C/C=C\C/C=C\C/C=C\CCCCCCCCCCCCCCCC(=O)OCC(COC(=O)CC/C=C\C/C=C\C/C=C\C/C=C\CC)OC(=O)CCCCCCCCC/C=C\C/C=C\CCCCC. The monoisotopic (exact) mass is 1140 g/mol. The Balaban J connectivity index is 4.26. The lowest BCUT2D eigenvalue weighted by Gasteiger charge is -2.18. The maximum absolute atomic E-state index is 12.9. The number of hydrogen-bond donors (Lipinski definition) is 0. The lowest BCUT2D eigenvalue weighted by molar-refractivity contribution is -0.166. The highest BCUT2D eigenvalue weighted by Gasteiger charge is 2.19. The van der Waals surface area contributed by atoms with Gasteiger partial charge in [-0.05, 0) is 135 Å². The molecule has 0 fully saturated rings. The summed E-state index contributed by atoms with van der Waals surface area (Å²) in [6.45, 7) is 6.32. The first-order chi connectivity index (χ1) is 41.0. The van der Waals surface area contributed by atoms with Gasteiger partial charge in [-0.2, -0.15) is 0 Å². The summed E-state index contributed by atoms with van der Waals surface area (Å²) in [6, 6.07) is 0. The molecule has 0 saturated heterocycles. The zero-order valence-corrected chi connectivity index (χ0v) is 53.7. The molecular formula is C77H124O6. The Morgan fingerprint density at radius 2 is 0.494 bits per heavy atom. The van der Waals surface area contributed by atoms with E-state index >= 15 is 0 Å². The minimum Gasteiger partial charge on any atom is -0.462 e. The molecule has 0 radical (unpaired) electrons. The van der Waals surface area contributed by atoms with Gasteiger partial charge in [0.2, 0.25) is 0 Å². The van der Waals surface area contributed by atoms with E-state index in [1.807, 2.05) is 6.08 Å². The Kier molecular flexibility index (Phi) is 65.4. The summed E-state index contributed by atoms with van der Waals surface area (Å²) >= 11 is 0. The van der Waals surface area contributed by atoms with Crippen molar-refractivity contribution in [1.82, 2.24) is 0 Å². The Hall–Kier alpha value is -4.97. The third kappa shape index (κ3) is 67.7. The molecule has 468 valence electrons. The van der Waals surface area contributed by atoms with Gasteiger partial charge in [0.15, 0.2) is 6.10 Å². The summed E-state index contributed by atoms with van der Waals surface area (Å²) in [6.07, 6.45) is 101. The van der Waals surface area contributed by atoms with Gasteiger partial charge in [-0.3, -0.25) is 14.4 Å². The molecule has 0 bridgehead atoms. The van der Waals surface area contributed by atoms with Crippen LogP contribution in [0.15, 0.2) is 158 Å². The molecule has 0 rings (SSSR count). The third-order valence-corrected chi connectivity index (χ3v) is 14.0. The second-order valence-corrected chi connectivity index (χ2v) is 22.0. The van der Waals surface area contributed by atoms with Crippen molar-refractivity contribution in [1.29, 1.82) is 0 Å². The van der Waals surface area contributed by atoms with E-state index in [1.165, 1.54) is 122 Å². The van der Waals surface area contributed by atoms with Crippen LogP contribution in [0, 0.1) is 0 Å². The highest BCUT2D eigenvalue weighted by atomic mass is 16.6. The second kappa shape index (κ2) is 69.5. The molecule has 0 amide bonds. The highest BCUT2D eigenvalue weighted by molar-refractivity contribution is 5.71. The summed E-state index contributed by atoms with van der Waals surface area (Å²) in [4.78, 5) is 38.3. The van der Waals surface area contributed by atoms with Gasteiger partial charge in [0, 0.05) is 19.3 Å². The molecule has 0 aliphatic carbocycles. The van der Waals surface area contributed by atoms with Crippen LogP contribution in [0.5, 0.6) is 0 Å². The van der Waals surface area contributed by atoms with Crippen LogP contribution < -0.4 is 0 Å². The van der Waals surface area contributed by atoms with Gasteiger partial charge in [-0.1, -0.05) is 294 Å². The van der Waals surface area contributed by atoms with Crippen molar-refractivity contribution in [2.75, 3.05) is 13.2 Å². The zero-order valence-electron chi connectivity index (χ0n) is 53.7. The van der Waals surface area contributed by atoms with E-state index in [0.29, 0.717) is 19.3 Å². The molecule has 0 aromatic heterocycles. The molecule has 0 aliphatic heterocycles. The van der Waals surface area contributed by atoms with E-state index in [1.54, 1.807) is 0 Å². The number of carbonyl (C=O) groups is 3. The number of allylic oxidation sites excluding steroid dienone is 26. The van der Waals surface area contributed by atoms with Crippen molar-refractivity contribution in [3.63, 3.8) is 0 Å². The van der Waals surface area contributed by atoms with Gasteiger partial charge in [-0.25, -0.2) is 0 Å². The third-order valence-electron chi connectivity index (χ3n) is 14.0. The number of unbranched alkanes of at least 4 members (excludes halogenated alkanes) is 23. The second-order valence-electron chi connectivity index (χ2n) is 22.0. The fourth-order valence-corrected chi connectivity index (χ4v) is 9.00. The fourth-order valence-electron chi connectivity index (χ4n) is 9.00. The summed E-state index contributed by atoms with van der Waals surface area (Å²) < 4.78 is 16.8. The molecule has 1 atom stereocenters. The van der Waals surface area contributed by atoms with Crippen LogP contribution in [0.2, 0.25) is 0 Å². The molecule has 1 unspecified atom stereocenters. The van der Waals surface area contributed by atoms with Gasteiger partial charge in [-0.15, -0.1) is 0 Å². The first-order valence-electron chi connectivity index (χ1n) is 34.0. The standard InChI is InChI=1S/C77H124O6/c1-4-7-10-13-16-19-22-25-27-29-30-31-32-33-34-35-36-37-38-39-40-41-42-43-44-45-46-48-49-52-55-58-61-64-67-70-76(79)82-73-74(72-81-75(78)69-66-63-60-57-54-51-24-21-18-15-12-9-6-3)83-77(80)71-68-65-62-59-56-53-50-47-28-26-23-20-17-14-11-8-5-2/h7,9-10,12,16-21,25-28,30-31,33-34,36-37,39-40,51,54,60,63,74H,4-6,8,11,13-15,22-24,29,32,35,38,41-50,52-53,55-59,61-62,64-73H2,1-3H3/b10-7-,12-9-,19-16-,20-17-,21-18-,27-25-,28-26-,31-30-,34-33-,37-36-,40-39-,54-51-,63-60-. The van der Waals surface area contributed by atoms with Crippen molar-refractivity contribution in [3.8, 4) is 0 Å². The van der Waals surface area contributed by atoms with E-state index in [4.69, 9.17) is 14.2 Å². The van der Waals surface area contributed by atoms with Crippen LogP contribution >= 0.6 is 0 Å². The quantitative estimate of drug-likeness (QED) is 0.0261. The van der Waals surface area contributed by atoms with Gasteiger partial charge in [0.25, 0.3) is 0 Å². The smallest absolute Gasteiger partial charge is 0.306 e. The van der Waals surface area contributed by atoms with Crippen molar-refractivity contribution < 1.29 is 28.6 Å². The maximum atomic E-state index is 12.9. The topological polar surface area (TPSA) is 78.9 Å². The van der Waals surface area contributed by atoms with Gasteiger partial charge < -0.3 is 14.2 Å². The van der Waals surface area contributed by atoms with Gasteiger partial charge in [0.1, 0.15) is 13.2 Å². The molecule has 0 aromatic carbocycles. The molecule has 83 heavy (non-hydrogen) atoms. The van der Waals surface area contributed by atoms with Gasteiger partial charge in [0.05, 0.1) is 0 Å². The van der Waals surface area contributed by atoms with Crippen molar-refractivity contribution in [3.05, 3.63) is 158 Å². The zero-order chi connectivity index (χ0) is 59.9. The van der Waals surface area contributed by atoms with E-state index in [2.05, 4.69) is 173 Å². The van der Waals surface area contributed by atoms with Crippen LogP contribution in [-0.2, 0) is 28.6 Å². The summed E-state index contributed by atoms with van der Waals surface area (Å²) in [5, 5.41) is 0. The Labute approximate surface area is 511 Å². The maximum Gasteiger partial charge on any atom is 0.306 e. The number of esters is 3. The Bertz CT molecular complexity index is 1840. The normalized spacial score (nSPS) is 13.1. The Morgan fingerprint density at radius 1 is 0.253 bits per heavy atom. The minimum atomic E-state index is -0.818. The van der Waals surface area contributed by atoms with E-state index in [0.717, 1.165) is 122 Å². The van der Waals surface area contributed by atoms with Crippen LogP contribution in [0.1, 0.15) is 290 Å². The predicted octanol–water partition coefficient (Wildman–Crippen LogP) is 23.7. The lowest BCUT2D eigenvalue weighted by Crippen LogP contribution is -2.30. The Morgan fingerprint density at radius 3 is 0.807 bits per heavy atom. The van der Waals surface area contributed by atoms with Crippen molar-refractivity contribution >= 4 is 17.9 Å². The van der Waals surface area contributed by atoms with Crippen LogP contribution in [-0.4, -0.2) is 37.2 Å². The average molecular weight is 1150 g/mol. The van der Waals surface area contributed by atoms with E-state index < -0.39 is 6.10 Å². The molecule has 0 N–H and O–H groups in total. The predicted molar refractivity (Wildman–Crippen MR) is 362 cm³/mol. The van der Waals surface area contributed by atoms with Crippen molar-refractivity contribution in [2.45, 2.75) is 297 Å². The average Bonchev–Trinajstić information content (AvgIpc) is 3.49. The molecule has 0 aromatic rings. The van der Waals surface area contributed by atoms with Crippen LogP contribution in [0.4, 0.5) is 0 Å². The number of rotatable bonds is 60. The first-order valence-corrected chi connectivity index (χ1v) is 34.0. The summed E-state index contributed by atoms with van der Waals surface area (Å²) in [7, 11) is 0. The molecule has 0 saturated carbocycles. The summed E-state index contributed by atoms with van der Waals surface area (Å²) in [5.74, 6) is -1.00. The molecular weight excluding hydrogens is 1020 g/mol. The number of ether oxygens (including phenoxy) is 3. The van der Waals surface area contributed by atoms with Gasteiger partial charge >= 0.3 is 17.9 Å². The number of hydrogen-bond acceptors (Lipinski definition) is 6. The molecule has 0 spiro atoms. The molecule has 6 heteroatoms. The molecule has 0 heterocycles. The molecule has 0 aliphatic rings. The highest BCUT2D eigenvalue weighted by Crippen LogP contribution is 2.16. The lowest BCUT2D eigenvalue weighted by atomic mass is 10.0. The minimum absolute atomic E-state index is 0.108. The van der Waals surface area contributed by atoms with Crippen LogP contribution in [0.3, 0.4) is 0 Å². The first kappa shape index (κ1) is 78.0. The number of carbonyl (C=O) groups excluding carboxylic acids is 3. The van der Waals surface area contributed by atoms with E-state index in [-0.39, 0.29) is 37.5 Å². The largest absolute Gasteiger partial charge is 0.462 e. The van der Waals surface area contributed by atoms with Crippen LogP contribution in [0.25, 0.3) is 0 Å².